The molecule has 1 fully saturated rings. The number of nitrogens with zero attached hydrogens (tertiary/aromatic N) is 1. The number of hydrogen-bond acceptors (Lipinski definition) is 2. The molecule has 21 heavy (non-hydrogen) atoms. The molecule has 1 aliphatic rings. The van der Waals surface area contributed by atoms with Crippen molar-refractivity contribution in [3.8, 4) is 0 Å². The van der Waals surface area contributed by atoms with Gasteiger partial charge in [0.1, 0.15) is 5.82 Å². The Balaban J connectivity index is 0.00000220. The first-order valence-electron chi connectivity index (χ1n) is 7.37. The zero-order chi connectivity index (χ0) is 14.5. The number of aryl methyl sites for hydroxylation is 1. The second kappa shape index (κ2) is 8.35. The lowest BCUT2D eigenvalue weighted by atomic mass is 9.96. The van der Waals surface area contributed by atoms with Crippen LogP contribution >= 0.6 is 12.4 Å². The van der Waals surface area contributed by atoms with Gasteiger partial charge >= 0.3 is 0 Å². The molecule has 2 N–H and O–H groups in total. The van der Waals surface area contributed by atoms with Crippen molar-refractivity contribution < 1.29 is 9.18 Å². The maximum Gasteiger partial charge on any atom is 0.223 e. The first kappa shape index (κ1) is 17.9. The number of carbonyl (C=O) groups excluding carboxylic acids is 1. The Kier molecular flexibility index (Phi) is 7.12. The van der Waals surface area contributed by atoms with Crippen LogP contribution < -0.4 is 5.73 Å². The monoisotopic (exact) mass is 314 g/mol. The summed E-state index contributed by atoms with van der Waals surface area (Å²) in [5.74, 6) is -0.0792. The summed E-state index contributed by atoms with van der Waals surface area (Å²) in [4.78, 5) is 14.3. The van der Waals surface area contributed by atoms with Crippen LogP contribution in [-0.2, 0) is 11.2 Å². The lowest BCUT2D eigenvalue weighted by Crippen LogP contribution is -2.51. The van der Waals surface area contributed by atoms with Crippen LogP contribution in [0.3, 0.4) is 0 Å². The molecule has 0 radical (unpaired) electrons. The van der Waals surface area contributed by atoms with Crippen LogP contribution in [0.2, 0.25) is 0 Å². The van der Waals surface area contributed by atoms with E-state index in [1.807, 2.05) is 11.8 Å². The topological polar surface area (TPSA) is 46.3 Å². The van der Waals surface area contributed by atoms with Crippen LogP contribution in [0.4, 0.5) is 4.39 Å². The summed E-state index contributed by atoms with van der Waals surface area (Å²) < 4.78 is 12.8. The number of rotatable bonds is 4. The molecule has 3 nitrogen and oxygen atoms in total. The van der Waals surface area contributed by atoms with Gasteiger partial charge in [-0.25, -0.2) is 4.39 Å². The quantitative estimate of drug-likeness (QED) is 0.929. The lowest BCUT2D eigenvalue weighted by Gasteiger charge is -2.38. The number of hydrogen-bond donors (Lipinski definition) is 1. The highest BCUT2D eigenvalue weighted by Crippen LogP contribution is 2.20. The van der Waals surface area contributed by atoms with Crippen molar-refractivity contribution in [1.29, 1.82) is 0 Å². The summed E-state index contributed by atoms with van der Waals surface area (Å²) >= 11 is 0. The van der Waals surface area contributed by atoms with E-state index in [1.165, 1.54) is 12.1 Å². The summed E-state index contributed by atoms with van der Waals surface area (Å²) in [6.07, 6.45) is 4.33. The minimum Gasteiger partial charge on any atom is -0.338 e. The number of halogens is 2. The highest BCUT2D eigenvalue weighted by molar-refractivity contribution is 5.85. The molecule has 1 saturated heterocycles. The summed E-state index contributed by atoms with van der Waals surface area (Å²) in [5, 5.41) is 0. The van der Waals surface area contributed by atoms with E-state index in [1.54, 1.807) is 12.1 Å². The molecular formula is C16H24ClFN2O. The fraction of sp³-hybridized carbons (Fsp3) is 0.562. The molecule has 1 aromatic carbocycles. The first-order valence-corrected chi connectivity index (χ1v) is 7.37. The predicted molar refractivity (Wildman–Crippen MR) is 85.0 cm³/mol. The maximum absolute atomic E-state index is 12.8. The van der Waals surface area contributed by atoms with Crippen molar-refractivity contribution >= 4 is 18.3 Å². The summed E-state index contributed by atoms with van der Waals surface area (Å²) in [7, 11) is 0. The maximum atomic E-state index is 12.8. The van der Waals surface area contributed by atoms with Gasteiger partial charge in [0.25, 0.3) is 0 Å². The van der Waals surface area contributed by atoms with Crippen LogP contribution in [-0.4, -0.2) is 29.4 Å². The highest BCUT2D eigenvalue weighted by Gasteiger charge is 2.28. The van der Waals surface area contributed by atoms with Gasteiger partial charge in [0.05, 0.1) is 0 Å². The largest absolute Gasteiger partial charge is 0.338 e. The molecule has 0 aliphatic carbocycles. The lowest BCUT2D eigenvalue weighted by molar-refractivity contribution is -0.135. The van der Waals surface area contributed by atoms with Gasteiger partial charge in [0.2, 0.25) is 5.91 Å². The Labute approximate surface area is 132 Å². The summed E-state index contributed by atoms with van der Waals surface area (Å²) in [6, 6.07) is 6.54. The Bertz CT molecular complexity index is 450. The van der Waals surface area contributed by atoms with Crippen LogP contribution in [0, 0.1) is 5.82 Å². The third-order valence-corrected chi connectivity index (χ3v) is 4.02. The van der Waals surface area contributed by atoms with Gasteiger partial charge in [-0.15, -0.1) is 12.4 Å². The molecule has 2 unspecified atom stereocenters. The molecule has 1 aliphatic heterocycles. The first-order chi connectivity index (χ1) is 9.58. The Hall–Kier alpha value is -1.13. The molecule has 2 rings (SSSR count). The second-order valence-electron chi connectivity index (χ2n) is 5.64. The van der Waals surface area contributed by atoms with Crippen molar-refractivity contribution in [3.05, 3.63) is 35.6 Å². The SMILES string of the molecule is CC(N)C1CCCCN1C(=O)CCc1ccc(F)cc1.Cl. The Morgan fingerprint density at radius 1 is 1.38 bits per heavy atom. The second-order valence-corrected chi connectivity index (χ2v) is 5.64. The van der Waals surface area contributed by atoms with Crippen molar-refractivity contribution in [2.75, 3.05) is 6.54 Å². The molecule has 2 atom stereocenters. The van der Waals surface area contributed by atoms with E-state index in [-0.39, 0.29) is 36.2 Å². The third kappa shape index (κ3) is 4.97. The predicted octanol–water partition coefficient (Wildman–Crippen LogP) is 2.91. The van der Waals surface area contributed by atoms with E-state index in [0.717, 1.165) is 31.4 Å². The number of likely N-dealkylation sites (tertiary alicyclic amines) is 1. The molecule has 0 spiro atoms. The van der Waals surface area contributed by atoms with Crippen LogP contribution in [0.15, 0.2) is 24.3 Å². The molecule has 0 aromatic heterocycles. The molecular weight excluding hydrogens is 291 g/mol. The standard InChI is InChI=1S/C16H23FN2O.ClH/c1-12(18)15-4-2-3-11-19(15)16(20)10-7-13-5-8-14(17)9-6-13;/h5-6,8-9,12,15H,2-4,7,10-11,18H2,1H3;1H. The Morgan fingerprint density at radius 2 is 2.05 bits per heavy atom. The third-order valence-electron chi connectivity index (χ3n) is 4.02. The average molecular weight is 315 g/mol. The van der Waals surface area contributed by atoms with E-state index in [9.17, 15) is 9.18 Å². The van der Waals surface area contributed by atoms with E-state index >= 15 is 0 Å². The van der Waals surface area contributed by atoms with Gasteiger partial charge in [-0.1, -0.05) is 12.1 Å². The molecule has 1 heterocycles. The van der Waals surface area contributed by atoms with Gasteiger partial charge in [-0.3, -0.25) is 4.79 Å². The van der Waals surface area contributed by atoms with E-state index in [0.29, 0.717) is 12.8 Å². The van der Waals surface area contributed by atoms with Crippen molar-refractivity contribution in [2.45, 2.75) is 51.1 Å². The average Bonchev–Trinajstić information content (AvgIpc) is 2.46. The number of benzene rings is 1. The smallest absolute Gasteiger partial charge is 0.223 e. The van der Waals surface area contributed by atoms with Gasteiger partial charge in [-0.2, -0.15) is 0 Å². The fourth-order valence-corrected chi connectivity index (χ4v) is 2.86. The minimum atomic E-state index is -0.242. The minimum absolute atomic E-state index is 0. The molecule has 1 aromatic rings. The highest BCUT2D eigenvalue weighted by atomic mass is 35.5. The zero-order valence-corrected chi connectivity index (χ0v) is 13.2. The van der Waals surface area contributed by atoms with E-state index in [4.69, 9.17) is 5.73 Å². The molecule has 118 valence electrons. The molecule has 0 saturated carbocycles. The Morgan fingerprint density at radius 3 is 2.67 bits per heavy atom. The van der Waals surface area contributed by atoms with Crippen molar-refractivity contribution in [2.24, 2.45) is 5.73 Å². The van der Waals surface area contributed by atoms with Crippen LogP contribution in [0.25, 0.3) is 0 Å². The molecule has 1 amide bonds. The summed E-state index contributed by atoms with van der Waals surface area (Å²) in [6.45, 7) is 2.78. The summed E-state index contributed by atoms with van der Waals surface area (Å²) in [5.41, 5.74) is 6.98. The zero-order valence-electron chi connectivity index (χ0n) is 12.4. The van der Waals surface area contributed by atoms with Crippen LogP contribution in [0.5, 0.6) is 0 Å². The van der Waals surface area contributed by atoms with Crippen molar-refractivity contribution in [3.63, 3.8) is 0 Å². The number of amides is 1. The number of carbonyl (C=O) groups is 1. The van der Waals surface area contributed by atoms with Gasteiger partial charge in [0.15, 0.2) is 0 Å². The van der Waals surface area contributed by atoms with Crippen molar-refractivity contribution in [1.82, 2.24) is 4.90 Å². The molecule has 0 bridgehead atoms. The van der Waals surface area contributed by atoms with E-state index in [2.05, 4.69) is 0 Å². The van der Waals surface area contributed by atoms with E-state index < -0.39 is 0 Å². The van der Waals surface area contributed by atoms with Crippen LogP contribution in [0.1, 0.15) is 38.2 Å². The molecule has 5 heteroatoms. The van der Waals surface area contributed by atoms with Gasteiger partial charge in [0, 0.05) is 25.0 Å². The normalized spacial score (nSPS) is 19.8. The number of nitrogens with two attached hydrogens (primary N) is 1. The fourth-order valence-electron chi connectivity index (χ4n) is 2.86. The van der Waals surface area contributed by atoms with Gasteiger partial charge in [-0.05, 0) is 50.3 Å². The number of piperidine rings is 1. The van der Waals surface area contributed by atoms with Gasteiger partial charge < -0.3 is 10.6 Å².